The molecular formula is C17H16BrN3S. The number of benzene rings is 2. The molecule has 3 rings (SSSR count). The zero-order valence-corrected chi connectivity index (χ0v) is 14.9. The predicted molar refractivity (Wildman–Crippen MR) is 94.5 cm³/mol. The number of hydrogen-bond acceptors (Lipinski definition) is 3. The van der Waals surface area contributed by atoms with Crippen LogP contribution in [-0.4, -0.2) is 14.8 Å². The molecule has 2 aromatic carbocycles. The SMILES string of the molecule is Cc1ccc(-n2c(C)nnc2SCc2cccc(Br)c2)cc1. The van der Waals surface area contributed by atoms with Crippen molar-refractivity contribution < 1.29 is 0 Å². The van der Waals surface area contributed by atoms with Crippen molar-refractivity contribution in [2.24, 2.45) is 0 Å². The van der Waals surface area contributed by atoms with Gasteiger partial charge in [0.05, 0.1) is 0 Å². The normalized spacial score (nSPS) is 10.9. The molecule has 0 fully saturated rings. The fourth-order valence-electron chi connectivity index (χ4n) is 2.20. The molecule has 0 N–H and O–H groups in total. The minimum absolute atomic E-state index is 0.865. The van der Waals surface area contributed by atoms with Crippen molar-refractivity contribution in [1.29, 1.82) is 0 Å². The largest absolute Gasteiger partial charge is 0.274 e. The summed E-state index contributed by atoms with van der Waals surface area (Å²) >= 11 is 5.21. The van der Waals surface area contributed by atoms with Gasteiger partial charge in [-0.05, 0) is 43.7 Å². The molecule has 0 radical (unpaired) electrons. The zero-order valence-electron chi connectivity index (χ0n) is 12.5. The Hall–Kier alpha value is -1.59. The first-order chi connectivity index (χ1) is 10.6. The highest BCUT2D eigenvalue weighted by Crippen LogP contribution is 2.26. The molecule has 5 heteroatoms. The lowest BCUT2D eigenvalue weighted by Gasteiger charge is -2.09. The summed E-state index contributed by atoms with van der Waals surface area (Å²) in [6, 6.07) is 16.8. The van der Waals surface area contributed by atoms with Crippen molar-refractivity contribution in [1.82, 2.24) is 14.8 Å². The number of nitrogens with zero attached hydrogens (tertiary/aromatic N) is 3. The van der Waals surface area contributed by atoms with Crippen LogP contribution in [0.2, 0.25) is 0 Å². The minimum atomic E-state index is 0.865. The van der Waals surface area contributed by atoms with Gasteiger partial charge in [0.25, 0.3) is 0 Å². The molecule has 0 bridgehead atoms. The first-order valence-corrected chi connectivity index (χ1v) is 8.77. The lowest BCUT2D eigenvalue weighted by molar-refractivity contribution is 0.868. The molecule has 3 aromatic rings. The standard InChI is InChI=1S/C17H16BrN3S/c1-12-6-8-16(9-7-12)21-13(2)19-20-17(21)22-11-14-4-3-5-15(18)10-14/h3-10H,11H2,1-2H3. The van der Waals surface area contributed by atoms with E-state index in [0.717, 1.165) is 26.9 Å². The van der Waals surface area contributed by atoms with E-state index in [1.807, 2.05) is 13.0 Å². The Morgan fingerprint density at radius 1 is 1.05 bits per heavy atom. The van der Waals surface area contributed by atoms with Crippen LogP contribution in [0, 0.1) is 13.8 Å². The van der Waals surface area contributed by atoms with E-state index in [1.54, 1.807) is 11.8 Å². The van der Waals surface area contributed by atoms with Gasteiger partial charge < -0.3 is 0 Å². The maximum atomic E-state index is 4.32. The smallest absolute Gasteiger partial charge is 0.196 e. The van der Waals surface area contributed by atoms with E-state index in [2.05, 4.69) is 80.1 Å². The average molecular weight is 374 g/mol. The van der Waals surface area contributed by atoms with Gasteiger partial charge in [0.2, 0.25) is 0 Å². The second kappa shape index (κ2) is 6.67. The van der Waals surface area contributed by atoms with E-state index in [0.29, 0.717) is 0 Å². The van der Waals surface area contributed by atoms with Gasteiger partial charge in [0.1, 0.15) is 5.82 Å². The van der Waals surface area contributed by atoms with Crippen LogP contribution < -0.4 is 0 Å². The Labute approximate surface area is 142 Å². The second-order valence-corrected chi connectivity index (χ2v) is 6.98. The monoisotopic (exact) mass is 373 g/mol. The number of aryl methyl sites for hydroxylation is 2. The van der Waals surface area contributed by atoms with Gasteiger partial charge in [-0.1, -0.05) is 57.5 Å². The summed E-state index contributed by atoms with van der Waals surface area (Å²) in [5.41, 5.74) is 3.61. The van der Waals surface area contributed by atoms with Crippen LogP contribution in [0.25, 0.3) is 5.69 Å². The van der Waals surface area contributed by atoms with Crippen molar-refractivity contribution in [2.45, 2.75) is 24.8 Å². The number of halogens is 1. The molecular weight excluding hydrogens is 358 g/mol. The van der Waals surface area contributed by atoms with Crippen molar-refractivity contribution in [3.8, 4) is 5.69 Å². The molecule has 1 aromatic heterocycles. The van der Waals surface area contributed by atoms with Gasteiger partial charge in [0, 0.05) is 15.9 Å². The van der Waals surface area contributed by atoms with Crippen molar-refractivity contribution in [2.75, 3.05) is 0 Å². The van der Waals surface area contributed by atoms with E-state index >= 15 is 0 Å². The van der Waals surface area contributed by atoms with Crippen LogP contribution in [0.3, 0.4) is 0 Å². The number of rotatable bonds is 4. The molecule has 0 saturated carbocycles. The highest BCUT2D eigenvalue weighted by atomic mass is 79.9. The summed E-state index contributed by atoms with van der Waals surface area (Å²) in [5, 5.41) is 9.46. The van der Waals surface area contributed by atoms with Gasteiger partial charge in [-0.25, -0.2) is 0 Å². The second-order valence-electron chi connectivity index (χ2n) is 5.12. The fraction of sp³-hybridized carbons (Fsp3) is 0.176. The number of aromatic nitrogens is 3. The van der Waals surface area contributed by atoms with Gasteiger partial charge in [-0.15, -0.1) is 10.2 Å². The summed E-state index contributed by atoms with van der Waals surface area (Å²) in [6.45, 7) is 4.07. The molecule has 0 unspecified atom stereocenters. The highest BCUT2D eigenvalue weighted by molar-refractivity contribution is 9.10. The Morgan fingerprint density at radius 3 is 2.55 bits per heavy atom. The Bertz CT molecular complexity index is 781. The Kier molecular flexibility index (Phi) is 4.64. The molecule has 0 aliphatic carbocycles. The van der Waals surface area contributed by atoms with Crippen molar-refractivity contribution in [3.05, 3.63) is 70.0 Å². The molecule has 0 saturated heterocycles. The maximum absolute atomic E-state index is 4.32. The maximum Gasteiger partial charge on any atom is 0.196 e. The first kappa shape index (κ1) is 15.3. The lowest BCUT2D eigenvalue weighted by atomic mass is 10.2. The molecule has 0 amide bonds. The fourth-order valence-corrected chi connectivity index (χ4v) is 3.59. The lowest BCUT2D eigenvalue weighted by Crippen LogP contribution is -1.99. The van der Waals surface area contributed by atoms with Crippen LogP contribution in [0.1, 0.15) is 17.0 Å². The van der Waals surface area contributed by atoms with E-state index in [1.165, 1.54) is 11.1 Å². The van der Waals surface area contributed by atoms with Crippen LogP contribution in [0.5, 0.6) is 0 Å². The minimum Gasteiger partial charge on any atom is -0.274 e. The van der Waals surface area contributed by atoms with Crippen LogP contribution in [-0.2, 0) is 5.75 Å². The molecule has 0 atom stereocenters. The summed E-state index contributed by atoms with van der Waals surface area (Å²) in [6.07, 6.45) is 0. The molecule has 1 heterocycles. The van der Waals surface area contributed by atoms with Gasteiger partial charge >= 0.3 is 0 Å². The molecule has 0 aliphatic heterocycles. The first-order valence-electron chi connectivity index (χ1n) is 7.00. The van der Waals surface area contributed by atoms with Gasteiger partial charge in [0.15, 0.2) is 5.16 Å². The van der Waals surface area contributed by atoms with Crippen LogP contribution in [0.4, 0.5) is 0 Å². The third-order valence-electron chi connectivity index (χ3n) is 3.34. The average Bonchev–Trinajstić information content (AvgIpc) is 2.87. The zero-order chi connectivity index (χ0) is 15.5. The van der Waals surface area contributed by atoms with Crippen molar-refractivity contribution in [3.63, 3.8) is 0 Å². The summed E-state index contributed by atoms with van der Waals surface area (Å²) in [5.74, 6) is 1.77. The van der Waals surface area contributed by atoms with Crippen LogP contribution >= 0.6 is 27.7 Å². The third-order valence-corrected chi connectivity index (χ3v) is 4.84. The van der Waals surface area contributed by atoms with E-state index in [-0.39, 0.29) is 0 Å². The van der Waals surface area contributed by atoms with Crippen LogP contribution in [0.15, 0.2) is 58.2 Å². The Balaban J connectivity index is 1.84. The predicted octanol–water partition coefficient (Wildman–Crippen LogP) is 4.94. The summed E-state index contributed by atoms with van der Waals surface area (Å²) in [4.78, 5) is 0. The number of thioether (sulfide) groups is 1. The van der Waals surface area contributed by atoms with Crippen molar-refractivity contribution >= 4 is 27.7 Å². The molecule has 0 aliphatic rings. The number of hydrogen-bond donors (Lipinski definition) is 0. The van der Waals surface area contributed by atoms with E-state index < -0.39 is 0 Å². The highest BCUT2D eigenvalue weighted by Gasteiger charge is 2.11. The molecule has 22 heavy (non-hydrogen) atoms. The topological polar surface area (TPSA) is 30.7 Å². The van der Waals surface area contributed by atoms with E-state index in [9.17, 15) is 0 Å². The molecule has 112 valence electrons. The third kappa shape index (κ3) is 3.42. The van der Waals surface area contributed by atoms with E-state index in [4.69, 9.17) is 0 Å². The summed E-state index contributed by atoms with van der Waals surface area (Å²) < 4.78 is 3.20. The van der Waals surface area contributed by atoms with Gasteiger partial charge in [-0.2, -0.15) is 0 Å². The van der Waals surface area contributed by atoms with Gasteiger partial charge in [-0.3, -0.25) is 4.57 Å². The Morgan fingerprint density at radius 2 is 1.82 bits per heavy atom. The summed E-state index contributed by atoms with van der Waals surface area (Å²) in [7, 11) is 0. The quantitative estimate of drug-likeness (QED) is 0.606. The molecule has 0 spiro atoms. The molecule has 3 nitrogen and oxygen atoms in total.